The Morgan fingerprint density at radius 3 is 2.79 bits per heavy atom. The van der Waals surface area contributed by atoms with Crippen LogP contribution in [0.2, 0.25) is 0 Å². The van der Waals surface area contributed by atoms with E-state index in [4.69, 9.17) is 9.84 Å². The normalized spacial score (nSPS) is 36.0. The van der Waals surface area contributed by atoms with Crippen LogP contribution >= 0.6 is 0 Å². The molecule has 1 fully saturated rings. The molecule has 0 aromatic carbocycles. The highest BCUT2D eigenvalue weighted by Crippen LogP contribution is 2.22. The summed E-state index contributed by atoms with van der Waals surface area (Å²) in [6.07, 6.45) is 0.305. The van der Waals surface area contributed by atoms with Crippen LogP contribution < -0.4 is 0 Å². The Balaban J connectivity index is 2.54. The van der Waals surface area contributed by atoms with Crippen LogP contribution in [-0.2, 0) is 9.53 Å². The first-order valence-corrected chi connectivity index (χ1v) is 5.07. The van der Waals surface area contributed by atoms with Crippen molar-refractivity contribution in [3.05, 3.63) is 0 Å². The van der Waals surface area contributed by atoms with Crippen molar-refractivity contribution >= 4 is 5.97 Å². The van der Waals surface area contributed by atoms with Crippen molar-refractivity contribution in [1.29, 1.82) is 0 Å². The Labute approximate surface area is 83.9 Å². The molecule has 14 heavy (non-hydrogen) atoms. The van der Waals surface area contributed by atoms with Gasteiger partial charge < -0.3 is 14.9 Å². The average Bonchev–Trinajstić information content (AvgIpc) is 2.19. The van der Waals surface area contributed by atoms with Crippen molar-refractivity contribution in [3.8, 4) is 0 Å². The zero-order chi connectivity index (χ0) is 10.7. The maximum absolute atomic E-state index is 11.4. The summed E-state index contributed by atoms with van der Waals surface area (Å²) in [6.45, 7) is 3.33. The van der Waals surface area contributed by atoms with Gasteiger partial charge in [-0.1, -0.05) is 0 Å². The molecule has 0 amide bonds. The lowest BCUT2D eigenvalue weighted by Crippen LogP contribution is -2.26. The van der Waals surface area contributed by atoms with Gasteiger partial charge in [0.2, 0.25) is 0 Å². The molecule has 1 rings (SSSR count). The monoisotopic (exact) mass is 202 g/mol. The first kappa shape index (κ1) is 11.5. The molecule has 0 aliphatic carbocycles. The molecular formula is C10H18O4. The maximum atomic E-state index is 11.4. The van der Waals surface area contributed by atoms with Gasteiger partial charge in [0.25, 0.3) is 0 Å². The van der Waals surface area contributed by atoms with Gasteiger partial charge in [-0.15, -0.1) is 0 Å². The first-order valence-electron chi connectivity index (χ1n) is 5.07. The lowest BCUT2D eigenvalue weighted by molar-refractivity contribution is -0.155. The molecule has 0 spiro atoms. The van der Waals surface area contributed by atoms with E-state index in [1.165, 1.54) is 0 Å². The summed E-state index contributed by atoms with van der Waals surface area (Å²) >= 11 is 0. The SMILES string of the molecule is CC(O)CC1CCC(O)C(C)C(=O)O1. The summed E-state index contributed by atoms with van der Waals surface area (Å²) < 4.78 is 5.15. The molecule has 0 saturated carbocycles. The Morgan fingerprint density at radius 2 is 2.21 bits per heavy atom. The Morgan fingerprint density at radius 1 is 1.57 bits per heavy atom. The number of aliphatic hydroxyl groups excluding tert-OH is 2. The fraction of sp³-hybridized carbons (Fsp3) is 0.900. The molecule has 4 atom stereocenters. The van der Waals surface area contributed by atoms with Crippen LogP contribution in [0.15, 0.2) is 0 Å². The third-order valence-corrected chi connectivity index (χ3v) is 2.62. The molecule has 2 N–H and O–H groups in total. The molecule has 1 saturated heterocycles. The highest BCUT2D eigenvalue weighted by Gasteiger charge is 2.31. The van der Waals surface area contributed by atoms with Crippen molar-refractivity contribution < 1.29 is 19.7 Å². The number of carbonyl (C=O) groups excluding carboxylic acids is 1. The van der Waals surface area contributed by atoms with Gasteiger partial charge in [0.15, 0.2) is 0 Å². The quantitative estimate of drug-likeness (QED) is 0.638. The molecule has 0 radical (unpaired) electrons. The van der Waals surface area contributed by atoms with Gasteiger partial charge in [-0.25, -0.2) is 0 Å². The number of aliphatic hydroxyl groups is 2. The Kier molecular flexibility index (Phi) is 3.89. The van der Waals surface area contributed by atoms with Crippen molar-refractivity contribution in [1.82, 2.24) is 0 Å². The second kappa shape index (κ2) is 4.75. The molecule has 0 aromatic heterocycles. The molecule has 4 nitrogen and oxygen atoms in total. The lowest BCUT2D eigenvalue weighted by atomic mass is 10.00. The number of hydrogen-bond acceptors (Lipinski definition) is 4. The third kappa shape index (κ3) is 2.96. The van der Waals surface area contributed by atoms with Gasteiger partial charge >= 0.3 is 5.97 Å². The van der Waals surface area contributed by atoms with Gasteiger partial charge in [0.05, 0.1) is 18.1 Å². The second-order valence-electron chi connectivity index (χ2n) is 4.08. The molecule has 82 valence electrons. The van der Waals surface area contributed by atoms with Crippen LogP contribution in [0.1, 0.15) is 33.1 Å². The molecule has 1 heterocycles. The van der Waals surface area contributed by atoms with Crippen LogP contribution in [0.5, 0.6) is 0 Å². The van der Waals surface area contributed by atoms with Crippen LogP contribution in [0.3, 0.4) is 0 Å². The largest absolute Gasteiger partial charge is 0.462 e. The fourth-order valence-electron chi connectivity index (χ4n) is 1.64. The molecular weight excluding hydrogens is 184 g/mol. The van der Waals surface area contributed by atoms with Gasteiger partial charge in [-0.2, -0.15) is 0 Å². The summed E-state index contributed by atoms with van der Waals surface area (Å²) in [5, 5.41) is 18.7. The van der Waals surface area contributed by atoms with Crippen molar-refractivity contribution in [2.24, 2.45) is 5.92 Å². The predicted molar refractivity (Wildman–Crippen MR) is 50.6 cm³/mol. The smallest absolute Gasteiger partial charge is 0.311 e. The van der Waals surface area contributed by atoms with Crippen LogP contribution in [-0.4, -0.2) is 34.5 Å². The Bertz CT molecular complexity index is 202. The number of hydrogen-bond donors (Lipinski definition) is 2. The van der Waals surface area contributed by atoms with Crippen LogP contribution in [0.4, 0.5) is 0 Å². The number of rotatable bonds is 2. The minimum atomic E-state index is -0.610. The minimum absolute atomic E-state index is 0.248. The predicted octanol–water partition coefficient (Wildman–Crippen LogP) is 0.460. The Hall–Kier alpha value is -0.610. The lowest BCUT2D eigenvalue weighted by Gasteiger charge is -2.16. The summed E-state index contributed by atoms with van der Waals surface area (Å²) in [5.41, 5.74) is 0. The molecule has 4 heteroatoms. The standard InChI is InChI=1S/C10H18O4/c1-6(11)5-8-3-4-9(12)7(2)10(13)14-8/h6-9,11-12H,3-5H2,1-2H3. The number of carbonyl (C=O) groups is 1. The van der Waals surface area contributed by atoms with Crippen LogP contribution in [0.25, 0.3) is 0 Å². The summed E-state index contributed by atoms with van der Waals surface area (Å²) in [7, 11) is 0. The second-order valence-corrected chi connectivity index (χ2v) is 4.08. The van der Waals surface area contributed by atoms with Gasteiger partial charge in [-0.05, 0) is 26.7 Å². The highest BCUT2D eigenvalue weighted by atomic mass is 16.5. The fourth-order valence-corrected chi connectivity index (χ4v) is 1.64. The molecule has 1 aliphatic heterocycles. The van der Waals surface area contributed by atoms with Gasteiger partial charge in [-0.3, -0.25) is 4.79 Å². The third-order valence-electron chi connectivity index (χ3n) is 2.62. The maximum Gasteiger partial charge on any atom is 0.311 e. The molecule has 1 aliphatic rings. The summed E-state index contributed by atoms with van der Waals surface area (Å²) in [5.74, 6) is -0.811. The molecule has 4 unspecified atom stereocenters. The van der Waals surface area contributed by atoms with E-state index in [0.717, 1.165) is 0 Å². The van der Waals surface area contributed by atoms with E-state index in [-0.39, 0.29) is 12.1 Å². The van der Waals surface area contributed by atoms with Gasteiger partial charge in [0.1, 0.15) is 6.10 Å². The van der Waals surface area contributed by atoms with Crippen molar-refractivity contribution in [2.45, 2.75) is 51.4 Å². The van der Waals surface area contributed by atoms with E-state index in [1.807, 2.05) is 0 Å². The van der Waals surface area contributed by atoms with E-state index in [9.17, 15) is 9.90 Å². The molecule has 0 aromatic rings. The van der Waals surface area contributed by atoms with Crippen molar-refractivity contribution in [3.63, 3.8) is 0 Å². The van der Waals surface area contributed by atoms with Crippen molar-refractivity contribution in [2.75, 3.05) is 0 Å². The molecule has 0 bridgehead atoms. The topological polar surface area (TPSA) is 66.8 Å². The van der Waals surface area contributed by atoms with E-state index in [0.29, 0.717) is 19.3 Å². The van der Waals surface area contributed by atoms with E-state index < -0.39 is 18.1 Å². The summed E-state index contributed by atoms with van der Waals surface area (Å²) in [4.78, 5) is 11.4. The van der Waals surface area contributed by atoms with Crippen LogP contribution in [0, 0.1) is 5.92 Å². The average molecular weight is 202 g/mol. The number of ether oxygens (including phenoxy) is 1. The number of esters is 1. The minimum Gasteiger partial charge on any atom is -0.462 e. The zero-order valence-corrected chi connectivity index (χ0v) is 8.64. The first-order chi connectivity index (χ1) is 6.50. The highest BCUT2D eigenvalue weighted by molar-refractivity contribution is 5.73. The van der Waals surface area contributed by atoms with E-state index in [2.05, 4.69) is 0 Å². The van der Waals surface area contributed by atoms with E-state index >= 15 is 0 Å². The van der Waals surface area contributed by atoms with Gasteiger partial charge in [0, 0.05) is 6.42 Å². The zero-order valence-electron chi connectivity index (χ0n) is 8.64. The number of cyclic esters (lactones) is 1. The van der Waals surface area contributed by atoms with E-state index in [1.54, 1.807) is 13.8 Å². The summed E-state index contributed by atoms with van der Waals surface area (Å²) in [6, 6.07) is 0.